The van der Waals surface area contributed by atoms with Crippen molar-refractivity contribution >= 4 is 5.91 Å². The molecule has 20 heavy (non-hydrogen) atoms. The van der Waals surface area contributed by atoms with Crippen molar-refractivity contribution in [2.75, 3.05) is 34.0 Å². The average molecular weight is 283 g/mol. The molecular weight excluding hydrogens is 262 g/mol. The number of aliphatic hydroxyl groups is 1. The lowest BCUT2D eigenvalue weighted by Gasteiger charge is -2.12. The molecule has 0 radical (unpaired) electrons. The van der Waals surface area contributed by atoms with Crippen LogP contribution in [0.15, 0.2) is 24.3 Å². The molecule has 0 bridgehead atoms. The molecule has 1 aromatic rings. The van der Waals surface area contributed by atoms with E-state index in [2.05, 4.69) is 5.32 Å². The van der Waals surface area contributed by atoms with E-state index >= 15 is 0 Å². The highest BCUT2D eigenvalue weighted by Crippen LogP contribution is 2.25. The van der Waals surface area contributed by atoms with Gasteiger partial charge >= 0.3 is 0 Å². The van der Waals surface area contributed by atoms with Gasteiger partial charge in [0, 0.05) is 13.7 Å². The molecule has 0 aromatic heterocycles. The quantitative estimate of drug-likeness (QED) is 0.693. The highest BCUT2D eigenvalue weighted by atomic mass is 16.5. The Morgan fingerprint density at radius 3 is 2.65 bits per heavy atom. The van der Waals surface area contributed by atoms with Crippen molar-refractivity contribution in [3.8, 4) is 11.5 Å². The van der Waals surface area contributed by atoms with E-state index < -0.39 is 6.10 Å². The number of methoxy groups -OCH3 is 2. The minimum absolute atomic E-state index is 0.0965. The van der Waals surface area contributed by atoms with Gasteiger partial charge in [0.1, 0.15) is 0 Å². The van der Waals surface area contributed by atoms with Gasteiger partial charge in [-0.1, -0.05) is 12.1 Å². The van der Waals surface area contributed by atoms with Crippen molar-refractivity contribution in [2.45, 2.75) is 12.5 Å². The van der Waals surface area contributed by atoms with Crippen molar-refractivity contribution in [1.82, 2.24) is 5.32 Å². The van der Waals surface area contributed by atoms with Crippen molar-refractivity contribution < 1.29 is 24.1 Å². The summed E-state index contributed by atoms with van der Waals surface area (Å²) in [6.45, 7) is 0.535. The molecule has 0 heterocycles. The Bertz CT molecular complexity index is 410. The van der Waals surface area contributed by atoms with Gasteiger partial charge in [-0.05, 0) is 18.6 Å². The van der Waals surface area contributed by atoms with Crippen molar-refractivity contribution in [2.24, 2.45) is 0 Å². The smallest absolute Gasteiger partial charge is 0.257 e. The summed E-state index contributed by atoms with van der Waals surface area (Å²) in [5.74, 6) is 0.848. The van der Waals surface area contributed by atoms with E-state index in [4.69, 9.17) is 14.2 Å². The van der Waals surface area contributed by atoms with E-state index in [9.17, 15) is 9.90 Å². The first-order valence-corrected chi connectivity index (χ1v) is 6.37. The molecule has 1 unspecified atom stereocenters. The number of para-hydroxylation sites is 2. The molecule has 0 saturated carbocycles. The van der Waals surface area contributed by atoms with E-state index in [1.54, 1.807) is 25.3 Å². The molecule has 1 rings (SSSR count). The Morgan fingerprint density at radius 2 is 2.00 bits per heavy atom. The monoisotopic (exact) mass is 283 g/mol. The van der Waals surface area contributed by atoms with Crippen LogP contribution in [0.4, 0.5) is 0 Å². The third-order valence-corrected chi connectivity index (χ3v) is 2.59. The van der Waals surface area contributed by atoms with Crippen LogP contribution in [0.5, 0.6) is 11.5 Å². The largest absolute Gasteiger partial charge is 0.493 e. The number of amides is 1. The minimum Gasteiger partial charge on any atom is -0.493 e. The van der Waals surface area contributed by atoms with Gasteiger partial charge in [-0.2, -0.15) is 0 Å². The van der Waals surface area contributed by atoms with Crippen LogP contribution in [-0.2, 0) is 9.53 Å². The number of carbonyl (C=O) groups is 1. The second kappa shape index (κ2) is 9.17. The molecule has 0 aliphatic heterocycles. The molecule has 0 aliphatic rings. The van der Waals surface area contributed by atoms with Crippen molar-refractivity contribution in [1.29, 1.82) is 0 Å². The van der Waals surface area contributed by atoms with Crippen LogP contribution in [0.1, 0.15) is 6.42 Å². The molecule has 0 saturated heterocycles. The van der Waals surface area contributed by atoms with Crippen LogP contribution < -0.4 is 14.8 Å². The Balaban J connectivity index is 2.26. The Hall–Kier alpha value is -1.79. The van der Waals surface area contributed by atoms with Crippen LogP contribution in [0.2, 0.25) is 0 Å². The van der Waals surface area contributed by atoms with Gasteiger partial charge in [0.2, 0.25) is 0 Å². The summed E-state index contributed by atoms with van der Waals surface area (Å²) in [5, 5.41) is 12.1. The number of hydrogen-bond acceptors (Lipinski definition) is 5. The van der Waals surface area contributed by atoms with E-state index in [0.29, 0.717) is 24.5 Å². The lowest BCUT2D eigenvalue weighted by atomic mass is 10.2. The zero-order valence-electron chi connectivity index (χ0n) is 11.8. The minimum atomic E-state index is -0.574. The number of ether oxygens (including phenoxy) is 3. The normalized spacial score (nSPS) is 11.8. The lowest BCUT2D eigenvalue weighted by molar-refractivity contribution is -0.123. The number of aliphatic hydroxyl groups excluding tert-OH is 1. The fraction of sp³-hybridized carbons (Fsp3) is 0.500. The zero-order valence-corrected chi connectivity index (χ0v) is 11.8. The molecule has 1 amide bonds. The molecule has 1 atom stereocenters. The lowest BCUT2D eigenvalue weighted by Crippen LogP contribution is -2.32. The van der Waals surface area contributed by atoms with Gasteiger partial charge in [-0.25, -0.2) is 0 Å². The second-order valence-corrected chi connectivity index (χ2v) is 4.19. The van der Waals surface area contributed by atoms with E-state index in [1.165, 1.54) is 7.11 Å². The summed E-state index contributed by atoms with van der Waals surface area (Å²) in [4.78, 5) is 11.6. The maximum atomic E-state index is 11.6. The average Bonchev–Trinajstić information content (AvgIpc) is 2.45. The predicted molar refractivity (Wildman–Crippen MR) is 74.0 cm³/mol. The maximum absolute atomic E-state index is 11.6. The summed E-state index contributed by atoms with van der Waals surface area (Å²) in [7, 11) is 3.06. The van der Waals surface area contributed by atoms with Crippen LogP contribution in [-0.4, -0.2) is 51.1 Å². The maximum Gasteiger partial charge on any atom is 0.257 e. The summed E-state index contributed by atoms with van der Waals surface area (Å²) >= 11 is 0. The van der Waals surface area contributed by atoms with Crippen molar-refractivity contribution in [3.05, 3.63) is 24.3 Å². The SMILES string of the molecule is COCC(O)CCNC(=O)COc1ccccc1OC. The summed E-state index contributed by atoms with van der Waals surface area (Å²) < 4.78 is 15.3. The fourth-order valence-electron chi connectivity index (χ4n) is 1.59. The topological polar surface area (TPSA) is 77.0 Å². The molecule has 2 N–H and O–H groups in total. The number of benzene rings is 1. The molecular formula is C14H21NO5. The fourth-order valence-corrected chi connectivity index (χ4v) is 1.59. The Labute approximate surface area is 118 Å². The molecule has 6 heteroatoms. The summed E-state index contributed by atoms with van der Waals surface area (Å²) in [5.41, 5.74) is 0. The van der Waals surface area contributed by atoms with Crippen LogP contribution in [0.25, 0.3) is 0 Å². The van der Waals surface area contributed by atoms with Gasteiger partial charge in [-0.15, -0.1) is 0 Å². The van der Waals surface area contributed by atoms with Crippen molar-refractivity contribution in [3.63, 3.8) is 0 Å². The predicted octanol–water partition coefficient (Wildman–Crippen LogP) is 0.588. The van der Waals surface area contributed by atoms with Gasteiger partial charge in [0.15, 0.2) is 18.1 Å². The first kappa shape index (κ1) is 16.3. The van der Waals surface area contributed by atoms with Crippen LogP contribution >= 0.6 is 0 Å². The first-order valence-electron chi connectivity index (χ1n) is 6.37. The van der Waals surface area contributed by atoms with E-state index in [-0.39, 0.29) is 19.1 Å². The molecule has 6 nitrogen and oxygen atoms in total. The number of carbonyl (C=O) groups excluding carboxylic acids is 1. The molecule has 0 spiro atoms. The third-order valence-electron chi connectivity index (χ3n) is 2.59. The highest BCUT2D eigenvalue weighted by molar-refractivity contribution is 5.77. The molecule has 0 aliphatic carbocycles. The summed E-state index contributed by atoms with van der Waals surface area (Å²) in [6.07, 6.45) is -0.135. The van der Waals surface area contributed by atoms with Crippen LogP contribution in [0, 0.1) is 0 Å². The Kier molecular flexibility index (Phi) is 7.46. The summed E-state index contributed by atoms with van der Waals surface area (Å²) in [6, 6.07) is 7.11. The van der Waals surface area contributed by atoms with E-state index in [1.807, 2.05) is 6.07 Å². The number of nitrogens with one attached hydrogen (secondary N) is 1. The first-order chi connectivity index (χ1) is 9.67. The van der Waals surface area contributed by atoms with Gasteiger partial charge in [0.25, 0.3) is 5.91 Å². The molecule has 112 valence electrons. The molecule has 1 aromatic carbocycles. The highest BCUT2D eigenvalue weighted by Gasteiger charge is 2.08. The zero-order chi connectivity index (χ0) is 14.8. The van der Waals surface area contributed by atoms with Gasteiger partial charge in [0.05, 0.1) is 19.8 Å². The van der Waals surface area contributed by atoms with Gasteiger partial charge in [-0.3, -0.25) is 4.79 Å². The number of hydrogen-bond donors (Lipinski definition) is 2. The van der Waals surface area contributed by atoms with E-state index in [0.717, 1.165) is 0 Å². The standard InChI is InChI=1S/C14H21NO5/c1-18-9-11(16)7-8-15-14(17)10-20-13-6-4-3-5-12(13)19-2/h3-6,11,16H,7-10H2,1-2H3,(H,15,17). The van der Waals surface area contributed by atoms with Gasteiger partial charge < -0.3 is 24.6 Å². The number of rotatable bonds is 9. The second-order valence-electron chi connectivity index (χ2n) is 4.19. The third kappa shape index (κ3) is 5.90. The van der Waals surface area contributed by atoms with Crippen LogP contribution in [0.3, 0.4) is 0 Å². The molecule has 0 fully saturated rings. The Morgan fingerprint density at radius 1 is 1.30 bits per heavy atom.